The number of ether oxygens (including phenoxy) is 2. The van der Waals surface area contributed by atoms with Gasteiger partial charge in [0.15, 0.2) is 11.5 Å². The van der Waals surface area contributed by atoms with Gasteiger partial charge in [0.25, 0.3) is 0 Å². The molecule has 0 saturated carbocycles. The lowest BCUT2D eigenvalue weighted by Crippen LogP contribution is -2.08. The van der Waals surface area contributed by atoms with Crippen LogP contribution in [0.2, 0.25) is 0 Å². The van der Waals surface area contributed by atoms with Gasteiger partial charge in [-0.15, -0.1) is 11.3 Å². The molecule has 0 saturated heterocycles. The van der Waals surface area contributed by atoms with Crippen LogP contribution in [0.4, 0.5) is 5.13 Å². The maximum atomic E-state index is 11.9. The molecule has 3 aromatic rings. The topological polar surface area (TPSA) is 86.0 Å². The molecule has 0 bridgehead atoms. The largest absolute Gasteiger partial charge is 0.493 e. The van der Waals surface area contributed by atoms with Crippen molar-refractivity contribution in [2.75, 3.05) is 12.5 Å². The fourth-order valence-corrected chi connectivity index (χ4v) is 2.60. The minimum Gasteiger partial charge on any atom is -0.493 e. The Bertz CT molecular complexity index is 887. The molecule has 0 aliphatic heterocycles. The molecule has 2 heterocycles. The minimum atomic E-state index is -0.592. The molecule has 1 N–H and O–H groups in total. The molecule has 128 valence electrons. The van der Waals surface area contributed by atoms with Crippen molar-refractivity contribution in [2.45, 2.75) is 6.92 Å². The van der Waals surface area contributed by atoms with Gasteiger partial charge in [-0.3, -0.25) is 5.43 Å². The number of carbonyl (C=O) groups excluding carboxylic acids is 1. The lowest BCUT2D eigenvalue weighted by Gasteiger charge is -2.08. The summed E-state index contributed by atoms with van der Waals surface area (Å²) in [6.07, 6.45) is 3.03. The zero-order valence-corrected chi connectivity index (χ0v) is 14.4. The summed E-state index contributed by atoms with van der Waals surface area (Å²) in [5, 5.41) is 6.77. The number of furan rings is 1. The van der Waals surface area contributed by atoms with E-state index in [1.165, 1.54) is 30.8 Å². The average Bonchev–Trinajstić information content (AvgIpc) is 3.28. The second kappa shape index (κ2) is 7.63. The third-order valence-corrected chi connectivity index (χ3v) is 3.97. The van der Waals surface area contributed by atoms with E-state index in [9.17, 15) is 4.79 Å². The normalized spacial score (nSPS) is 10.8. The van der Waals surface area contributed by atoms with Crippen LogP contribution in [0.5, 0.6) is 11.5 Å². The summed E-state index contributed by atoms with van der Waals surface area (Å²) in [6.45, 7) is 1.92. The second-order valence-corrected chi connectivity index (χ2v) is 5.80. The van der Waals surface area contributed by atoms with Crippen LogP contribution in [0.3, 0.4) is 0 Å². The standard InChI is InChI=1S/C17H15N3O4S/c1-11-10-25-17(19-11)20-18-9-12-5-6-13(15(8-12)22-2)24-16(21)14-4-3-7-23-14/h3-10H,1-2H3,(H,19,20). The second-order valence-electron chi connectivity index (χ2n) is 4.94. The molecule has 0 fully saturated rings. The minimum absolute atomic E-state index is 0.121. The number of aromatic nitrogens is 1. The van der Waals surface area contributed by atoms with Gasteiger partial charge >= 0.3 is 5.97 Å². The lowest BCUT2D eigenvalue weighted by atomic mass is 10.2. The van der Waals surface area contributed by atoms with Gasteiger partial charge in [0.1, 0.15) is 0 Å². The van der Waals surface area contributed by atoms with E-state index in [0.717, 1.165) is 11.3 Å². The first-order valence-corrected chi connectivity index (χ1v) is 8.18. The van der Waals surface area contributed by atoms with Crippen molar-refractivity contribution < 1.29 is 18.7 Å². The molecule has 0 unspecified atom stereocenters. The van der Waals surface area contributed by atoms with Crippen LogP contribution in [0, 0.1) is 6.92 Å². The SMILES string of the molecule is COc1cc(C=NNc2nc(C)cs2)ccc1OC(=O)c1ccco1. The number of nitrogens with one attached hydrogen (secondary N) is 1. The van der Waals surface area contributed by atoms with E-state index >= 15 is 0 Å². The molecule has 25 heavy (non-hydrogen) atoms. The van der Waals surface area contributed by atoms with Crippen LogP contribution < -0.4 is 14.9 Å². The molecule has 0 aliphatic rings. The van der Waals surface area contributed by atoms with Crippen molar-refractivity contribution >= 4 is 28.7 Å². The number of carbonyl (C=O) groups is 1. The third kappa shape index (κ3) is 4.24. The molecule has 0 atom stereocenters. The molecule has 0 spiro atoms. The highest BCUT2D eigenvalue weighted by atomic mass is 32.1. The highest BCUT2D eigenvalue weighted by molar-refractivity contribution is 7.13. The van der Waals surface area contributed by atoms with E-state index in [1.54, 1.807) is 30.5 Å². The average molecular weight is 357 g/mol. The number of thiazole rings is 1. The van der Waals surface area contributed by atoms with Crippen molar-refractivity contribution in [3.8, 4) is 11.5 Å². The van der Waals surface area contributed by atoms with Crippen LogP contribution in [0.1, 0.15) is 21.8 Å². The first kappa shape index (κ1) is 16.7. The van der Waals surface area contributed by atoms with Crippen LogP contribution in [0.25, 0.3) is 0 Å². The van der Waals surface area contributed by atoms with E-state index in [-0.39, 0.29) is 5.76 Å². The number of rotatable bonds is 6. The molecule has 1 aromatic carbocycles. The third-order valence-electron chi connectivity index (χ3n) is 3.11. The van der Waals surface area contributed by atoms with Gasteiger partial charge in [-0.1, -0.05) is 0 Å². The van der Waals surface area contributed by atoms with Gasteiger partial charge in [0, 0.05) is 5.38 Å². The Balaban J connectivity index is 1.69. The first-order valence-electron chi connectivity index (χ1n) is 7.30. The zero-order chi connectivity index (χ0) is 17.6. The lowest BCUT2D eigenvalue weighted by molar-refractivity contribution is 0.0696. The summed E-state index contributed by atoms with van der Waals surface area (Å²) < 4.78 is 15.6. The van der Waals surface area contributed by atoms with Gasteiger partial charge < -0.3 is 13.9 Å². The molecule has 0 aliphatic carbocycles. The van der Waals surface area contributed by atoms with Gasteiger partial charge in [-0.05, 0) is 42.8 Å². The number of aryl methyl sites for hydroxylation is 1. The number of benzene rings is 1. The van der Waals surface area contributed by atoms with Crippen LogP contribution in [0.15, 0.2) is 51.5 Å². The van der Waals surface area contributed by atoms with Crippen molar-refractivity contribution in [1.82, 2.24) is 4.98 Å². The van der Waals surface area contributed by atoms with Crippen molar-refractivity contribution in [3.63, 3.8) is 0 Å². The number of hydrogen-bond acceptors (Lipinski definition) is 8. The van der Waals surface area contributed by atoms with Gasteiger partial charge in [-0.2, -0.15) is 5.10 Å². The number of methoxy groups -OCH3 is 1. The number of hydrogen-bond donors (Lipinski definition) is 1. The summed E-state index contributed by atoms with van der Waals surface area (Å²) in [6, 6.07) is 8.25. The Morgan fingerprint density at radius 1 is 1.36 bits per heavy atom. The molecule has 2 aromatic heterocycles. The molecular formula is C17H15N3O4S. The van der Waals surface area contributed by atoms with E-state index in [4.69, 9.17) is 13.9 Å². The van der Waals surface area contributed by atoms with Gasteiger partial charge in [-0.25, -0.2) is 9.78 Å². The summed E-state index contributed by atoms with van der Waals surface area (Å²) in [5.41, 5.74) is 4.57. The van der Waals surface area contributed by atoms with E-state index in [0.29, 0.717) is 16.6 Å². The summed E-state index contributed by atoms with van der Waals surface area (Å²) >= 11 is 1.47. The Kier molecular flexibility index (Phi) is 5.10. The quantitative estimate of drug-likeness (QED) is 0.313. The molecular weight excluding hydrogens is 342 g/mol. The Morgan fingerprint density at radius 2 is 2.24 bits per heavy atom. The summed E-state index contributed by atoms with van der Waals surface area (Å²) in [5.74, 6) is 0.236. The van der Waals surface area contributed by atoms with Crippen molar-refractivity contribution in [3.05, 3.63) is 59.0 Å². The highest BCUT2D eigenvalue weighted by Gasteiger charge is 2.14. The van der Waals surface area contributed by atoms with E-state index in [2.05, 4.69) is 15.5 Å². The zero-order valence-electron chi connectivity index (χ0n) is 13.6. The Morgan fingerprint density at radius 3 is 2.92 bits per heavy atom. The van der Waals surface area contributed by atoms with Gasteiger partial charge in [0.05, 0.1) is 25.3 Å². The van der Waals surface area contributed by atoms with Crippen LogP contribution >= 0.6 is 11.3 Å². The van der Waals surface area contributed by atoms with Crippen LogP contribution in [-0.2, 0) is 0 Å². The summed E-state index contributed by atoms with van der Waals surface area (Å²) in [7, 11) is 1.50. The molecule has 3 rings (SSSR count). The maximum Gasteiger partial charge on any atom is 0.379 e. The first-order chi connectivity index (χ1) is 12.2. The number of esters is 1. The Hall–Kier alpha value is -3.13. The highest BCUT2D eigenvalue weighted by Crippen LogP contribution is 2.28. The fraction of sp³-hybridized carbons (Fsp3) is 0.118. The summed E-state index contributed by atoms with van der Waals surface area (Å²) in [4.78, 5) is 16.2. The number of hydrazone groups is 1. The predicted octanol–water partition coefficient (Wildman–Crippen LogP) is 3.72. The molecule has 7 nitrogen and oxygen atoms in total. The van der Waals surface area contributed by atoms with Gasteiger partial charge in [0.2, 0.25) is 10.9 Å². The molecule has 8 heteroatoms. The monoisotopic (exact) mass is 357 g/mol. The Labute approximate surface area is 147 Å². The predicted molar refractivity (Wildman–Crippen MR) is 94.7 cm³/mol. The maximum absolute atomic E-state index is 11.9. The molecule has 0 amide bonds. The van der Waals surface area contributed by atoms with E-state index < -0.39 is 5.97 Å². The van der Waals surface area contributed by atoms with Crippen LogP contribution in [-0.4, -0.2) is 24.3 Å². The smallest absolute Gasteiger partial charge is 0.379 e. The fourth-order valence-electron chi connectivity index (χ4n) is 1.96. The van der Waals surface area contributed by atoms with Crippen molar-refractivity contribution in [2.24, 2.45) is 5.10 Å². The molecule has 0 radical (unpaired) electrons. The number of nitrogens with zero attached hydrogens (tertiary/aromatic N) is 2. The van der Waals surface area contributed by atoms with E-state index in [1.807, 2.05) is 12.3 Å². The number of anilines is 1. The van der Waals surface area contributed by atoms with Crippen molar-refractivity contribution in [1.29, 1.82) is 0 Å².